The fourth-order valence-corrected chi connectivity index (χ4v) is 4.41. The average molecular weight is 571 g/mol. The molecular weight excluding hydrogens is 516 g/mol. The molecular formula is C34H54N2O5. The largest absolute Gasteiger partial charge is 0.504 e. The van der Waals surface area contributed by atoms with Gasteiger partial charge < -0.3 is 31.5 Å². The lowest BCUT2D eigenvalue weighted by atomic mass is 10.1. The van der Waals surface area contributed by atoms with Crippen molar-refractivity contribution in [1.82, 2.24) is 5.32 Å². The molecule has 1 amide bonds. The predicted molar refractivity (Wildman–Crippen MR) is 168 cm³/mol. The van der Waals surface area contributed by atoms with E-state index in [0.717, 1.165) is 24.0 Å². The molecule has 230 valence electrons. The van der Waals surface area contributed by atoms with Crippen LogP contribution in [0.4, 0.5) is 0 Å². The van der Waals surface area contributed by atoms with Crippen molar-refractivity contribution in [1.29, 1.82) is 0 Å². The number of nitrogens with one attached hydrogen (secondary N) is 1. The van der Waals surface area contributed by atoms with E-state index in [1.807, 2.05) is 0 Å². The number of allylic oxidation sites excluding steroid dienone is 2. The molecule has 0 aromatic heterocycles. The van der Waals surface area contributed by atoms with Crippen LogP contribution >= 0.6 is 0 Å². The summed E-state index contributed by atoms with van der Waals surface area (Å²) in [6, 6.07) is 9.47. The Bertz CT molecular complexity index is 993. The van der Waals surface area contributed by atoms with Gasteiger partial charge in [0.25, 0.3) is 0 Å². The molecule has 7 nitrogen and oxygen atoms in total. The second kappa shape index (κ2) is 23.5. The van der Waals surface area contributed by atoms with Gasteiger partial charge in [-0.15, -0.1) is 0 Å². The number of phenolic OH excluding ortho intramolecular Hbond substituents is 4. The molecule has 0 aliphatic heterocycles. The molecule has 2 aromatic carbocycles. The third-order valence-corrected chi connectivity index (χ3v) is 6.91. The van der Waals surface area contributed by atoms with Gasteiger partial charge in [-0.05, 0) is 86.9 Å². The fourth-order valence-electron chi connectivity index (χ4n) is 4.41. The number of phenols is 4. The zero-order chi connectivity index (χ0) is 30.1. The first-order valence-corrected chi connectivity index (χ1v) is 15.5. The molecule has 0 aliphatic carbocycles. The van der Waals surface area contributed by atoms with E-state index >= 15 is 0 Å². The number of carbonyl (C=O) groups is 1. The van der Waals surface area contributed by atoms with Crippen LogP contribution in [0.15, 0.2) is 48.6 Å². The van der Waals surface area contributed by atoms with Crippen LogP contribution in [0.2, 0.25) is 0 Å². The molecule has 0 spiro atoms. The van der Waals surface area contributed by atoms with Gasteiger partial charge in [-0.3, -0.25) is 4.79 Å². The maximum absolute atomic E-state index is 11.9. The molecule has 0 aliphatic rings. The summed E-state index contributed by atoms with van der Waals surface area (Å²) in [5.41, 5.74) is 7.13. The Morgan fingerprint density at radius 1 is 0.683 bits per heavy atom. The van der Waals surface area contributed by atoms with E-state index < -0.39 is 0 Å². The summed E-state index contributed by atoms with van der Waals surface area (Å²) < 4.78 is 0. The van der Waals surface area contributed by atoms with Crippen LogP contribution in [0.3, 0.4) is 0 Å². The predicted octanol–water partition coefficient (Wildman–Crippen LogP) is 7.39. The van der Waals surface area contributed by atoms with Gasteiger partial charge in [-0.1, -0.05) is 82.6 Å². The first-order valence-electron chi connectivity index (χ1n) is 15.5. The normalized spacial score (nSPS) is 10.9. The highest BCUT2D eigenvalue weighted by Crippen LogP contribution is 2.25. The maximum atomic E-state index is 11.9. The number of nitrogens with two attached hydrogens (primary N) is 1. The number of aromatic hydroxyl groups is 4. The van der Waals surface area contributed by atoms with Crippen molar-refractivity contribution in [3.05, 3.63) is 59.7 Å². The van der Waals surface area contributed by atoms with Crippen LogP contribution < -0.4 is 11.1 Å². The zero-order valence-electron chi connectivity index (χ0n) is 25.1. The maximum Gasteiger partial charge on any atom is 0.220 e. The Morgan fingerprint density at radius 3 is 1.68 bits per heavy atom. The van der Waals surface area contributed by atoms with Gasteiger partial charge in [0.15, 0.2) is 23.0 Å². The Morgan fingerprint density at radius 2 is 1.17 bits per heavy atom. The Hall–Kier alpha value is -3.19. The standard InChI is InChI=1S/C26H43NO3.C8H11NO2/c1-2-3-4-5-6-7-8-9-10-11-12-13-14-15-16-17-26(30)27-21-20-23-18-19-24(28)25(29)22-23;9-4-3-6-1-2-7(10)8(11)5-6/h9-10,18-19,22,28-29H,2-8,11-17,20-21H2,1H3,(H,27,30);1-2,5,10-11H,3-4,9H2. The van der Waals surface area contributed by atoms with E-state index in [9.17, 15) is 15.0 Å². The minimum Gasteiger partial charge on any atom is -0.504 e. The van der Waals surface area contributed by atoms with Crippen LogP contribution in [0.1, 0.15) is 108 Å². The SMILES string of the molecule is CCCCCCCCC=CCCCCCCCC(=O)NCCc1ccc(O)c(O)c1.NCCc1ccc(O)c(O)c1. The second-order valence-corrected chi connectivity index (χ2v) is 10.6. The molecule has 0 saturated carbocycles. The van der Waals surface area contributed by atoms with Crippen LogP contribution in [0.25, 0.3) is 0 Å². The van der Waals surface area contributed by atoms with Gasteiger partial charge in [-0.25, -0.2) is 0 Å². The van der Waals surface area contributed by atoms with Gasteiger partial charge in [0.2, 0.25) is 5.91 Å². The molecule has 2 rings (SSSR count). The second-order valence-electron chi connectivity index (χ2n) is 10.6. The summed E-state index contributed by atoms with van der Waals surface area (Å²) in [4.78, 5) is 11.9. The zero-order valence-corrected chi connectivity index (χ0v) is 25.1. The van der Waals surface area contributed by atoms with Crippen LogP contribution in [0.5, 0.6) is 23.0 Å². The van der Waals surface area contributed by atoms with E-state index in [0.29, 0.717) is 32.4 Å². The number of amides is 1. The summed E-state index contributed by atoms with van der Waals surface area (Å²) >= 11 is 0. The van der Waals surface area contributed by atoms with Crippen molar-refractivity contribution in [3.8, 4) is 23.0 Å². The Labute approximate surface area is 247 Å². The van der Waals surface area contributed by atoms with Crippen molar-refractivity contribution in [3.63, 3.8) is 0 Å². The highest BCUT2D eigenvalue weighted by Gasteiger charge is 2.03. The van der Waals surface area contributed by atoms with Crippen molar-refractivity contribution in [2.45, 2.75) is 110 Å². The van der Waals surface area contributed by atoms with Crippen molar-refractivity contribution < 1.29 is 25.2 Å². The van der Waals surface area contributed by atoms with Gasteiger partial charge in [0, 0.05) is 13.0 Å². The lowest BCUT2D eigenvalue weighted by molar-refractivity contribution is -0.121. The third kappa shape index (κ3) is 18.7. The van der Waals surface area contributed by atoms with Gasteiger partial charge in [0.1, 0.15) is 0 Å². The summed E-state index contributed by atoms with van der Waals surface area (Å²) in [6.45, 7) is 3.36. The van der Waals surface area contributed by atoms with E-state index in [2.05, 4.69) is 24.4 Å². The Kier molecular flexibility index (Phi) is 20.5. The van der Waals surface area contributed by atoms with Crippen LogP contribution in [-0.2, 0) is 17.6 Å². The minimum absolute atomic E-state index is 0.0871. The van der Waals surface area contributed by atoms with E-state index in [-0.39, 0.29) is 28.9 Å². The molecule has 7 heteroatoms. The van der Waals surface area contributed by atoms with Crippen molar-refractivity contribution in [2.24, 2.45) is 5.73 Å². The molecule has 0 atom stereocenters. The summed E-state index contributed by atoms with van der Waals surface area (Å²) in [5, 5.41) is 39.7. The first-order chi connectivity index (χ1) is 19.9. The minimum atomic E-state index is -0.119. The topological polar surface area (TPSA) is 136 Å². The number of rotatable bonds is 20. The van der Waals surface area contributed by atoms with Crippen LogP contribution in [0, 0.1) is 0 Å². The van der Waals surface area contributed by atoms with Gasteiger partial charge in [0.05, 0.1) is 0 Å². The van der Waals surface area contributed by atoms with E-state index in [1.165, 1.54) is 94.9 Å². The third-order valence-electron chi connectivity index (χ3n) is 6.91. The van der Waals surface area contributed by atoms with E-state index in [1.54, 1.807) is 12.1 Å². The molecule has 2 aromatic rings. The molecule has 0 heterocycles. The lowest BCUT2D eigenvalue weighted by Crippen LogP contribution is -2.25. The van der Waals surface area contributed by atoms with Crippen molar-refractivity contribution in [2.75, 3.05) is 13.1 Å². The molecule has 0 saturated heterocycles. The molecule has 0 bridgehead atoms. The van der Waals surface area contributed by atoms with Crippen LogP contribution in [-0.4, -0.2) is 39.4 Å². The summed E-state index contributed by atoms with van der Waals surface area (Å²) in [6.07, 6.45) is 23.0. The Balaban J connectivity index is 0.000000634. The molecule has 0 radical (unpaired) electrons. The quantitative estimate of drug-likeness (QED) is 0.0558. The number of carbonyl (C=O) groups excluding carboxylic acids is 1. The highest BCUT2D eigenvalue weighted by molar-refractivity contribution is 5.75. The summed E-state index contributed by atoms with van der Waals surface area (Å²) in [5.74, 6) is -0.323. The first kappa shape index (κ1) is 35.8. The van der Waals surface area contributed by atoms with Gasteiger partial charge >= 0.3 is 0 Å². The summed E-state index contributed by atoms with van der Waals surface area (Å²) in [7, 11) is 0. The number of hydrogen-bond donors (Lipinski definition) is 6. The number of unbranched alkanes of at least 4 members (excludes halogenated alkanes) is 11. The van der Waals surface area contributed by atoms with Crippen molar-refractivity contribution >= 4 is 5.91 Å². The highest BCUT2D eigenvalue weighted by atomic mass is 16.3. The molecule has 7 N–H and O–H groups in total. The lowest BCUT2D eigenvalue weighted by Gasteiger charge is -2.06. The molecule has 0 fully saturated rings. The smallest absolute Gasteiger partial charge is 0.220 e. The van der Waals surface area contributed by atoms with Gasteiger partial charge in [-0.2, -0.15) is 0 Å². The number of benzene rings is 2. The van der Waals surface area contributed by atoms with E-state index in [4.69, 9.17) is 15.9 Å². The monoisotopic (exact) mass is 570 g/mol. The average Bonchev–Trinajstić information content (AvgIpc) is 2.95. The number of hydrogen-bond acceptors (Lipinski definition) is 6. The molecule has 41 heavy (non-hydrogen) atoms. The fraction of sp³-hybridized carbons (Fsp3) is 0.559. The molecule has 0 unspecified atom stereocenters.